The van der Waals surface area contributed by atoms with Crippen molar-refractivity contribution in [1.82, 2.24) is 10.2 Å². The molecule has 1 aliphatic heterocycles. The van der Waals surface area contributed by atoms with Crippen LogP contribution in [0.3, 0.4) is 0 Å². The van der Waals surface area contributed by atoms with Crippen LogP contribution in [-0.4, -0.2) is 49.6 Å². The average molecular weight is 350 g/mol. The van der Waals surface area contributed by atoms with E-state index in [1.54, 1.807) is 0 Å². The van der Waals surface area contributed by atoms with Gasteiger partial charge in [0, 0.05) is 55.9 Å². The molecule has 0 unspecified atom stereocenters. The molecule has 1 aromatic carbocycles. The Bertz CT molecular complexity index is 537. The monoisotopic (exact) mass is 349 g/mol. The number of nitrogens with zero attached hydrogens (tertiary/aromatic N) is 2. The van der Waals surface area contributed by atoms with Crippen LogP contribution in [0.2, 0.25) is 5.02 Å². The maximum absolute atomic E-state index is 12.4. The lowest BCUT2D eigenvalue weighted by Gasteiger charge is -2.36. The molecule has 5 heteroatoms. The van der Waals surface area contributed by atoms with Gasteiger partial charge in [-0.05, 0) is 31.0 Å². The number of anilines is 1. The van der Waals surface area contributed by atoms with Gasteiger partial charge in [0.15, 0.2) is 0 Å². The van der Waals surface area contributed by atoms with Gasteiger partial charge in [-0.1, -0.05) is 36.9 Å². The first-order valence-electron chi connectivity index (χ1n) is 9.24. The summed E-state index contributed by atoms with van der Waals surface area (Å²) < 4.78 is 0. The Kier molecular flexibility index (Phi) is 6.38. The van der Waals surface area contributed by atoms with Crippen molar-refractivity contribution in [1.29, 1.82) is 0 Å². The van der Waals surface area contributed by atoms with Crippen LogP contribution in [0, 0.1) is 0 Å². The zero-order valence-electron chi connectivity index (χ0n) is 14.3. The lowest BCUT2D eigenvalue weighted by molar-refractivity contribution is -0.131. The summed E-state index contributed by atoms with van der Waals surface area (Å²) in [6.45, 7) is 4.17. The van der Waals surface area contributed by atoms with E-state index < -0.39 is 0 Å². The van der Waals surface area contributed by atoms with Gasteiger partial charge in [0.05, 0.1) is 0 Å². The van der Waals surface area contributed by atoms with Crippen molar-refractivity contribution < 1.29 is 4.79 Å². The van der Waals surface area contributed by atoms with Crippen molar-refractivity contribution in [2.75, 3.05) is 37.6 Å². The van der Waals surface area contributed by atoms with E-state index in [9.17, 15) is 4.79 Å². The molecule has 1 saturated heterocycles. The zero-order chi connectivity index (χ0) is 16.8. The van der Waals surface area contributed by atoms with Gasteiger partial charge in [-0.15, -0.1) is 0 Å². The number of amides is 1. The quantitative estimate of drug-likeness (QED) is 0.886. The molecule has 1 saturated carbocycles. The van der Waals surface area contributed by atoms with Gasteiger partial charge in [0.1, 0.15) is 0 Å². The fourth-order valence-corrected chi connectivity index (χ4v) is 3.92. The Morgan fingerprint density at radius 3 is 2.58 bits per heavy atom. The third kappa shape index (κ3) is 4.87. The molecule has 2 fully saturated rings. The van der Waals surface area contributed by atoms with Crippen LogP contribution in [0.5, 0.6) is 0 Å². The summed E-state index contributed by atoms with van der Waals surface area (Å²) in [4.78, 5) is 16.7. The van der Waals surface area contributed by atoms with E-state index in [4.69, 9.17) is 11.6 Å². The number of hydrogen-bond donors (Lipinski definition) is 1. The van der Waals surface area contributed by atoms with E-state index in [0.717, 1.165) is 43.4 Å². The lowest BCUT2D eigenvalue weighted by Crippen LogP contribution is -2.49. The van der Waals surface area contributed by atoms with Gasteiger partial charge < -0.3 is 15.1 Å². The van der Waals surface area contributed by atoms with E-state index >= 15 is 0 Å². The fourth-order valence-electron chi connectivity index (χ4n) is 3.73. The molecule has 0 spiro atoms. The van der Waals surface area contributed by atoms with Crippen molar-refractivity contribution in [3.05, 3.63) is 29.3 Å². The topological polar surface area (TPSA) is 35.6 Å². The summed E-state index contributed by atoms with van der Waals surface area (Å²) in [7, 11) is 0. The Hall–Kier alpha value is -1.26. The molecule has 1 aliphatic carbocycles. The molecule has 132 valence electrons. The van der Waals surface area contributed by atoms with E-state index in [0.29, 0.717) is 12.5 Å². The van der Waals surface area contributed by atoms with Crippen LogP contribution < -0.4 is 10.2 Å². The SMILES string of the molecule is O=C(CCNC1CCCCC1)N1CCN(c2cccc(Cl)c2)CC1. The second kappa shape index (κ2) is 8.72. The molecule has 24 heavy (non-hydrogen) atoms. The molecule has 4 nitrogen and oxygen atoms in total. The second-order valence-corrected chi connectivity index (χ2v) is 7.32. The third-order valence-electron chi connectivity index (χ3n) is 5.18. The maximum Gasteiger partial charge on any atom is 0.223 e. The summed E-state index contributed by atoms with van der Waals surface area (Å²) in [5.74, 6) is 0.282. The number of carbonyl (C=O) groups excluding carboxylic acids is 1. The van der Waals surface area contributed by atoms with Gasteiger partial charge in [-0.3, -0.25) is 4.79 Å². The van der Waals surface area contributed by atoms with Crippen LogP contribution >= 0.6 is 11.6 Å². The summed E-state index contributed by atoms with van der Waals surface area (Å²) in [5.41, 5.74) is 1.15. The van der Waals surface area contributed by atoms with Crippen LogP contribution in [-0.2, 0) is 4.79 Å². The van der Waals surface area contributed by atoms with E-state index in [1.807, 2.05) is 23.1 Å². The molecule has 2 aliphatic rings. The first-order valence-corrected chi connectivity index (χ1v) is 9.62. The van der Waals surface area contributed by atoms with Crippen molar-refractivity contribution >= 4 is 23.2 Å². The molecule has 3 rings (SSSR count). The molecule has 1 heterocycles. The number of nitrogens with one attached hydrogen (secondary N) is 1. The van der Waals surface area contributed by atoms with Crippen molar-refractivity contribution in [3.8, 4) is 0 Å². The minimum absolute atomic E-state index is 0.282. The van der Waals surface area contributed by atoms with Crippen molar-refractivity contribution in [2.45, 2.75) is 44.6 Å². The number of hydrogen-bond acceptors (Lipinski definition) is 3. The summed E-state index contributed by atoms with van der Waals surface area (Å²) in [6, 6.07) is 8.58. The first kappa shape index (κ1) is 17.6. The summed E-state index contributed by atoms with van der Waals surface area (Å²) in [5, 5.41) is 4.32. The minimum atomic E-state index is 0.282. The first-order chi connectivity index (χ1) is 11.7. The molecular weight excluding hydrogens is 322 g/mol. The number of benzene rings is 1. The molecular formula is C19H28ClN3O. The van der Waals surface area contributed by atoms with Gasteiger partial charge in [-0.25, -0.2) is 0 Å². The predicted molar refractivity (Wildman–Crippen MR) is 99.7 cm³/mol. The lowest BCUT2D eigenvalue weighted by atomic mass is 9.95. The Morgan fingerprint density at radius 1 is 1.12 bits per heavy atom. The molecule has 1 N–H and O–H groups in total. The molecule has 0 radical (unpaired) electrons. The van der Waals surface area contributed by atoms with Crippen LogP contribution in [0.25, 0.3) is 0 Å². The van der Waals surface area contributed by atoms with E-state index in [1.165, 1.54) is 32.1 Å². The second-order valence-electron chi connectivity index (χ2n) is 6.89. The normalized spacial score (nSPS) is 19.5. The number of carbonyl (C=O) groups is 1. The molecule has 1 aromatic rings. The van der Waals surface area contributed by atoms with Crippen LogP contribution in [0.4, 0.5) is 5.69 Å². The van der Waals surface area contributed by atoms with Crippen molar-refractivity contribution in [3.63, 3.8) is 0 Å². The Morgan fingerprint density at radius 2 is 1.88 bits per heavy atom. The highest BCUT2D eigenvalue weighted by Crippen LogP contribution is 2.21. The van der Waals surface area contributed by atoms with Gasteiger partial charge in [0.2, 0.25) is 5.91 Å². The van der Waals surface area contributed by atoms with E-state index in [2.05, 4.69) is 16.3 Å². The Balaban J connectivity index is 1.38. The van der Waals surface area contributed by atoms with Crippen molar-refractivity contribution in [2.24, 2.45) is 0 Å². The zero-order valence-corrected chi connectivity index (χ0v) is 15.1. The summed E-state index contributed by atoms with van der Waals surface area (Å²) in [6.07, 6.45) is 7.19. The van der Waals surface area contributed by atoms with Crippen LogP contribution in [0.1, 0.15) is 38.5 Å². The highest BCUT2D eigenvalue weighted by Gasteiger charge is 2.21. The van der Waals surface area contributed by atoms with Gasteiger partial charge >= 0.3 is 0 Å². The predicted octanol–water partition coefficient (Wildman–Crippen LogP) is 3.30. The molecule has 0 bridgehead atoms. The average Bonchev–Trinajstić information content (AvgIpc) is 2.63. The number of piperazine rings is 1. The highest BCUT2D eigenvalue weighted by atomic mass is 35.5. The smallest absolute Gasteiger partial charge is 0.223 e. The largest absolute Gasteiger partial charge is 0.368 e. The minimum Gasteiger partial charge on any atom is -0.368 e. The fraction of sp³-hybridized carbons (Fsp3) is 0.632. The maximum atomic E-state index is 12.4. The number of rotatable bonds is 5. The molecule has 0 aromatic heterocycles. The van der Waals surface area contributed by atoms with Gasteiger partial charge in [0.25, 0.3) is 0 Å². The van der Waals surface area contributed by atoms with E-state index in [-0.39, 0.29) is 5.91 Å². The van der Waals surface area contributed by atoms with Crippen LogP contribution in [0.15, 0.2) is 24.3 Å². The Labute approximate surface area is 150 Å². The standard InChI is InChI=1S/C19H28ClN3O/c20-16-5-4-8-18(15-16)22-11-13-23(14-12-22)19(24)9-10-21-17-6-2-1-3-7-17/h4-5,8,15,17,21H,1-3,6-7,9-14H2. The van der Waals surface area contributed by atoms with Gasteiger partial charge in [-0.2, -0.15) is 0 Å². The molecule has 0 atom stereocenters. The molecule has 1 amide bonds. The number of halogens is 1. The third-order valence-corrected chi connectivity index (χ3v) is 5.42. The highest BCUT2D eigenvalue weighted by molar-refractivity contribution is 6.30. The summed E-state index contributed by atoms with van der Waals surface area (Å²) >= 11 is 6.07.